The molecule has 0 bridgehead atoms. The number of halogens is 2. The molecule has 0 unspecified atom stereocenters. The standard InChI is InChI=1S/C23H25F2N3O4/c1-23(2,12-29)14-4-7-17-16(10-26-28(17)11-14)13-8-18(31-3)20(19(9-13)32-22(24)25)21(30)27-15-5-6-15/h4,7-11,15,22,29H,5-6,12H2,1-3H3,(H,27,30). The van der Waals surface area contributed by atoms with Crippen molar-refractivity contribution in [2.24, 2.45) is 0 Å². The molecule has 0 aliphatic heterocycles. The SMILES string of the molecule is COc1cc(-c2cnn3cc(C(C)(C)CO)ccc23)cc(OC(F)F)c1C(=O)NC1CC1. The normalized spacial score (nSPS) is 14.1. The van der Waals surface area contributed by atoms with Gasteiger partial charge in [0.2, 0.25) is 0 Å². The Balaban J connectivity index is 1.81. The fraction of sp³-hybridized carbons (Fsp3) is 0.391. The van der Waals surface area contributed by atoms with Gasteiger partial charge in [0.05, 0.1) is 25.4 Å². The first kappa shape index (κ1) is 22.0. The molecule has 1 aliphatic carbocycles. The third-order valence-electron chi connectivity index (χ3n) is 5.65. The molecule has 1 saturated carbocycles. The number of hydrogen-bond donors (Lipinski definition) is 2. The Labute approximate surface area is 184 Å². The Bertz CT molecular complexity index is 1160. The molecular weight excluding hydrogens is 420 g/mol. The lowest BCUT2D eigenvalue weighted by Crippen LogP contribution is -2.26. The second-order valence-electron chi connectivity index (χ2n) is 8.53. The van der Waals surface area contributed by atoms with Gasteiger partial charge in [-0.15, -0.1) is 0 Å². The van der Waals surface area contributed by atoms with Crippen LogP contribution in [0.5, 0.6) is 11.5 Å². The molecule has 1 aromatic carbocycles. The summed E-state index contributed by atoms with van der Waals surface area (Å²) in [4.78, 5) is 12.7. The largest absolute Gasteiger partial charge is 0.496 e. The molecule has 0 saturated heterocycles. The number of hydrogen-bond acceptors (Lipinski definition) is 5. The first-order valence-electron chi connectivity index (χ1n) is 10.3. The number of pyridine rings is 1. The summed E-state index contributed by atoms with van der Waals surface area (Å²) in [6.45, 7) is 0.711. The van der Waals surface area contributed by atoms with Crippen molar-refractivity contribution in [3.05, 3.63) is 47.8 Å². The van der Waals surface area contributed by atoms with Gasteiger partial charge >= 0.3 is 6.61 Å². The predicted octanol–water partition coefficient (Wildman–Crippen LogP) is 3.77. The van der Waals surface area contributed by atoms with Crippen LogP contribution in [0.25, 0.3) is 16.6 Å². The minimum atomic E-state index is -3.10. The maximum Gasteiger partial charge on any atom is 0.387 e. The number of fused-ring (bicyclic) bond motifs is 1. The molecule has 32 heavy (non-hydrogen) atoms. The number of aliphatic hydroxyl groups excluding tert-OH is 1. The van der Waals surface area contributed by atoms with Crippen molar-refractivity contribution >= 4 is 11.4 Å². The minimum absolute atomic E-state index is 0.0253. The Morgan fingerprint density at radius 2 is 2.03 bits per heavy atom. The third-order valence-corrected chi connectivity index (χ3v) is 5.65. The molecule has 1 fully saturated rings. The molecule has 0 spiro atoms. The number of methoxy groups -OCH3 is 1. The van der Waals surface area contributed by atoms with E-state index in [0.717, 1.165) is 23.9 Å². The number of amides is 1. The number of rotatable bonds is 8. The van der Waals surface area contributed by atoms with Gasteiger partial charge in [0.15, 0.2) is 0 Å². The van der Waals surface area contributed by atoms with Crippen molar-refractivity contribution in [2.75, 3.05) is 13.7 Å². The zero-order valence-corrected chi connectivity index (χ0v) is 18.1. The second-order valence-corrected chi connectivity index (χ2v) is 8.53. The van der Waals surface area contributed by atoms with Gasteiger partial charge in [-0.05, 0) is 42.2 Å². The first-order valence-corrected chi connectivity index (χ1v) is 10.3. The molecule has 4 rings (SSSR count). The smallest absolute Gasteiger partial charge is 0.387 e. The van der Waals surface area contributed by atoms with Crippen LogP contribution in [0.1, 0.15) is 42.6 Å². The fourth-order valence-electron chi connectivity index (χ4n) is 3.50. The summed E-state index contributed by atoms with van der Waals surface area (Å²) in [5, 5.41) is 16.8. The lowest BCUT2D eigenvalue weighted by molar-refractivity contribution is -0.0502. The Morgan fingerprint density at radius 1 is 1.31 bits per heavy atom. The number of carbonyl (C=O) groups is 1. The van der Waals surface area contributed by atoms with E-state index in [9.17, 15) is 18.7 Å². The van der Waals surface area contributed by atoms with Gasteiger partial charge in [-0.1, -0.05) is 19.9 Å². The number of ether oxygens (including phenoxy) is 2. The molecule has 2 aromatic heterocycles. The van der Waals surface area contributed by atoms with E-state index in [-0.39, 0.29) is 29.7 Å². The highest BCUT2D eigenvalue weighted by Crippen LogP contribution is 2.38. The van der Waals surface area contributed by atoms with E-state index in [2.05, 4.69) is 10.4 Å². The van der Waals surface area contributed by atoms with Crippen molar-refractivity contribution in [3.63, 3.8) is 0 Å². The number of nitrogens with zero attached hydrogens (tertiary/aromatic N) is 2. The van der Waals surface area contributed by atoms with Crippen molar-refractivity contribution in [2.45, 2.75) is 44.8 Å². The average molecular weight is 445 g/mol. The summed E-state index contributed by atoms with van der Waals surface area (Å²) in [7, 11) is 1.37. The molecule has 9 heteroatoms. The Kier molecular flexibility index (Phi) is 5.77. The number of nitrogens with one attached hydrogen (secondary N) is 1. The van der Waals surface area contributed by atoms with Crippen LogP contribution in [-0.4, -0.2) is 47.0 Å². The van der Waals surface area contributed by atoms with Crippen LogP contribution in [0.4, 0.5) is 8.78 Å². The lowest BCUT2D eigenvalue weighted by atomic mass is 9.87. The minimum Gasteiger partial charge on any atom is -0.496 e. The van der Waals surface area contributed by atoms with E-state index in [1.807, 2.05) is 32.2 Å². The van der Waals surface area contributed by atoms with Crippen LogP contribution in [0.2, 0.25) is 0 Å². The maximum atomic E-state index is 13.2. The fourth-order valence-corrected chi connectivity index (χ4v) is 3.50. The van der Waals surface area contributed by atoms with E-state index in [1.54, 1.807) is 16.8 Å². The molecular formula is C23H25F2N3O4. The molecule has 2 N–H and O–H groups in total. The summed E-state index contributed by atoms with van der Waals surface area (Å²) in [5.74, 6) is -0.638. The Morgan fingerprint density at radius 3 is 2.66 bits per heavy atom. The van der Waals surface area contributed by atoms with Crippen LogP contribution in [-0.2, 0) is 5.41 Å². The highest BCUT2D eigenvalue weighted by atomic mass is 19.3. The van der Waals surface area contributed by atoms with Crippen molar-refractivity contribution in [3.8, 4) is 22.6 Å². The molecule has 1 aliphatic rings. The van der Waals surface area contributed by atoms with Crippen molar-refractivity contribution < 1.29 is 28.2 Å². The summed E-state index contributed by atoms with van der Waals surface area (Å²) in [5.41, 5.74) is 2.29. The summed E-state index contributed by atoms with van der Waals surface area (Å²) >= 11 is 0. The summed E-state index contributed by atoms with van der Waals surface area (Å²) in [6, 6.07) is 6.80. The van der Waals surface area contributed by atoms with Crippen LogP contribution in [0.15, 0.2) is 36.7 Å². The summed E-state index contributed by atoms with van der Waals surface area (Å²) < 4.78 is 38.1. The van der Waals surface area contributed by atoms with Gasteiger partial charge in [-0.25, -0.2) is 4.52 Å². The van der Waals surface area contributed by atoms with Crippen LogP contribution < -0.4 is 14.8 Å². The third kappa shape index (κ3) is 4.25. The molecule has 0 atom stereocenters. The van der Waals surface area contributed by atoms with Crippen LogP contribution in [0.3, 0.4) is 0 Å². The van der Waals surface area contributed by atoms with E-state index in [1.165, 1.54) is 13.2 Å². The van der Waals surface area contributed by atoms with Crippen molar-refractivity contribution in [1.29, 1.82) is 0 Å². The van der Waals surface area contributed by atoms with Gasteiger partial charge in [0.25, 0.3) is 5.91 Å². The van der Waals surface area contributed by atoms with Crippen LogP contribution in [0, 0.1) is 0 Å². The van der Waals surface area contributed by atoms with E-state index >= 15 is 0 Å². The van der Waals surface area contributed by atoms with E-state index in [4.69, 9.17) is 9.47 Å². The number of benzene rings is 1. The Hall–Kier alpha value is -3.20. The predicted molar refractivity (Wildman–Crippen MR) is 114 cm³/mol. The zero-order chi connectivity index (χ0) is 23.0. The molecule has 3 aromatic rings. The van der Waals surface area contributed by atoms with Gasteiger partial charge in [0.1, 0.15) is 17.1 Å². The lowest BCUT2D eigenvalue weighted by Gasteiger charge is -2.22. The maximum absolute atomic E-state index is 13.2. The number of aliphatic hydroxyl groups is 1. The van der Waals surface area contributed by atoms with Gasteiger partial charge < -0.3 is 19.9 Å². The quantitative estimate of drug-likeness (QED) is 0.551. The van der Waals surface area contributed by atoms with E-state index in [0.29, 0.717) is 11.1 Å². The second kappa shape index (κ2) is 8.38. The van der Waals surface area contributed by atoms with Gasteiger partial charge in [0, 0.05) is 23.2 Å². The molecule has 7 nitrogen and oxygen atoms in total. The topological polar surface area (TPSA) is 85.1 Å². The van der Waals surface area contributed by atoms with Gasteiger partial charge in [-0.2, -0.15) is 13.9 Å². The number of aromatic nitrogens is 2. The molecule has 2 heterocycles. The summed E-state index contributed by atoms with van der Waals surface area (Å²) in [6.07, 6.45) is 5.14. The molecule has 0 radical (unpaired) electrons. The van der Waals surface area contributed by atoms with Gasteiger partial charge in [-0.3, -0.25) is 4.79 Å². The molecule has 1 amide bonds. The average Bonchev–Trinajstić information content (AvgIpc) is 3.47. The van der Waals surface area contributed by atoms with E-state index < -0.39 is 17.9 Å². The highest BCUT2D eigenvalue weighted by molar-refractivity contribution is 6.01. The first-order chi connectivity index (χ1) is 15.2. The number of carbonyl (C=O) groups excluding carboxylic acids is 1. The zero-order valence-electron chi connectivity index (χ0n) is 18.1. The van der Waals surface area contributed by atoms with Crippen molar-refractivity contribution in [1.82, 2.24) is 14.9 Å². The monoisotopic (exact) mass is 445 g/mol. The van der Waals surface area contributed by atoms with Crippen LogP contribution >= 0.6 is 0 Å². The highest BCUT2D eigenvalue weighted by Gasteiger charge is 2.29. The molecule has 170 valence electrons. The number of alkyl halides is 2.